The summed E-state index contributed by atoms with van der Waals surface area (Å²) in [5.74, 6) is 0. The molecule has 65 heavy (non-hydrogen) atoms. The highest BCUT2D eigenvalue weighted by Crippen LogP contribution is 2.44. The Kier molecular flexibility index (Phi) is 8.47. The summed E-state index contributed by atoms with van der Waals surface area (Å²) in [5, 5.41) is 7.37. The van der Waals surface area contributed by atoms with Crippen LogP contribution in [0.15, 0.2) is 236 Å². The molecule has 2 aromatic heterocycles. The van der Waals surface area contributed by atoms with Crippen molar-refractivity contribution in [3.63, 3.8) is 0 Å². The molecule has 13 rings (SSSR count). The highest BCUT2D eigenvalue weighted by molar-refractivity contribution is 6.22. The summed E-state index contributed by atoms with van der Waals surface area (Å²) in [5.41, 5.74) is 17.3. The average molecular weight is 831 g/mol. The van der Waals surface area contributed by atoms with Gasteiger partial charge >= 0.3 is 0 Å². The second-order valence-electron chi connectivity index (χ2n) is 17.2. The van der Waals surface area contributed by atoms with Gasteiger partial charge in [-0.05, 0) is 98.8 Å². The van der Waals surface area contributed by atoms with Gasteiger partial charge in [0.2, 0.25) is 6.29 Å². The topological polar surface area (TPSA) is 25.5 Å². The van der Waals surface area contributed by atoms with Gasteiger partial charge in [0.1, 0.15) is 0 Å². The van der Waals surface area contributed by atoms with Crippen molar-refractivity contribution in [2.45, 2.75) is 6.29 Å². The van der Waals surface area contributed by atoms with Crippen LogP contribution in [0.3, 0.4) is 0 Å². The largest absolute Gasteiger partial charge is 0.335 e. The number of hydrogen-bond acceptors (Lipinski definition) is 2. The summed E-state index contributed by atoms with van der Waals surface area (Å²) in [6.45, 7) is 0. The molecule has 4 heteroatoms. The Balaban J connectivity index is 1.03. The van der Waals surface area contributed by atoms with E-state index in [2.05, 4.69) is 252 Å². The van der Waals surface area contributed by atoms with Crippen LogP contribution in [0.4, 0.5) is 5.69 Å². The fourth-order valence-corrected chi connectivity index (χ4v) is 10.4. The van der Waals surface area contributed by atoms with Crippen molar-refractivity contribution in [2.75, 3.05) is 11.9 Å². The summed E-state index contributed by atoms with van der Waals surface area (Å²) < 4.78 is 4.91. The minimum atomic E-state index is -0.313. The number of fused-ring (bicyclic) bond motifs is 9. The number of nitrogens with zero attached hydrogens (tertiary/aromatic N) is 4. The Morgan fingerprint density at radius 3 is 1.71 bits per heavy atom. The van der Waals surface area contributed by atoms with Gasteiger partial charge in [-0.25, -0.2) is 4.99 Å². The lowest BCUT2D eigenvalue weighted by Crippen LogP contribution is -2.33. The lowest BCUT2D eigenvalue weighted by Gasteiger charge is -2.35. The Bertz CT molecular complexity index is 3780. The summed E-state index contributed by atoms with van der Waals surface area (Å²) in [6, 6.07) is 83.9. The number of aromatic nitrogens is 2. The minimum absolute atomic E-state index is 0.313. The molecule has 10 aromatic carbocycles. The van der Waals surface area contributed by atoms with Crippen LogP contribution < -0.4 is 4.90 Å². The zero-order chi connectivity index (χ0) is 43.0. The van der Waals surface area contributed by atoms with Crippen LogP contribution in [-0.4, -0.2) is 21.9 Å². The molecule has 1 aliphatic heterocycles. The van der Waals surface area contributed by atoms with Crippen LogP contribution in [0.1, 0.15) is 17.4 Å². The predicted octanol–water partition coefficient (Wildman–Crippen LogP) is 15.5. The van der Waals surface area contributed by atoms with E-state index in [9.17, 15) is 0 Å². The first kappa shape index (κ1) is 37.1. The molecule has 0 N–H and O–H groups in total. The molecule has 12 aromatic rings. The van der Waals surface area contributed by atoms with Crippen LogP contribution in [0.5, 0.6) is 0 Å². The van der Waals surface area contributed by atoms with Crippen molar-refractivity contribution in [3.05, 3.63) is 242 Å². The van der Waals surface area contributed by atoms with E-state index >= 15 is 0 Å². The standard InChI is InChI=1S/C61H42N4/c1-63-54-27-15-14-26-52(54)60(43-22-9-4-10-23-43)62-61(63)65-56-33-31-44(38-53(56)59-49-24-12-11-21-42(49)30-34-57(59)65)45-29-32-51-50-25-13-16-28-55(50)64(58(51)39-45)48-36-46(40-17-5-2-6-18-40)35-47(37-48)41-19-7-3-8-20-41/h2-39,61H,1H3. The lowest BCUT2D eigenvalue weighted by atomic mass is 9.97. The van der Waals surface area contributed by atoms with Gasteiger partial charge in [0.25, 0.3) is 0 Å². The SMILES string of the molecule is CN1c2ccccc2C(c2ccccc2)=NC1n1c2ccc(-c3ccc4c5ccccc5n(-c5cc(-c6ccccc6)cc(-c6ccccc6)c5)c4c3)cc2c2c3ccccc3ccc21. The van der Waals surface area contributed by atoms with Gasteiger partial charge in [-0.15, -0.1) is 0 Å². The van der Waals surface area contributed by atoms with E-state index in [1.165, 1.54) is 76.7 Å². The quantitative estimate of drug-likeness (QED) is 0.164. The fourth-order valence-electron chi connectivity index (χ4n) is 10.4. The van der Waals surface area contributed by atoms with E-state index in [-0.39, 0.29) is 6.29 Å². The van der Waals surface area contributed by atoms with Crippen molar-refractivity contribution < 1.29 is 0 Å². The lowest BCUT2D eigenvalue weighted by molar-refractivity contribution is 0.540. The number of aliphatic imine (C=N–C) groups is 1. The summed E-state index contributed by atoms with van der Waals surface area (Å²) in [6.07, 6.45) is -0.313. The third kappa shape index (κ3) is 5.95. The highest BCUT2D eigenvalue weighted by Gasteiger charge is 2.30. The van der Waals surface area contributed by atoms with E-state index in [1.54, 1.807) is 0 Å². The maximum absolute atomic E-state index is 5.62. The Morgan fingerprint density at radius 2 is 0.954 bits per heavy atom. The molecule has 0 saturated heterocycles. The monoisotopic (exact) mass is 830 g/mol. The second kappa shape index (κ2) is 14.8. The van der Waals surface area contributed by atoms with Crippen molar-refractivity contribution in [1.82, 2.24) is 9.13 Å². The molecular formula is C61H42N4. The van der Waals surface area contributed by atoms with E-state index < -0.39 is 0 Å². The normalized spacial score (nSPS) is 13.8. The van der Waals surface area contributed by atoms with Gasteiger partial charge in [-0.3, -0.25) is 0 Å². The first-order valence-electron chi connectivity index (χ1n) is 22.4. The van der Waals surface area contributed by atoms with Gasteiger partial charge in [0, 0.05) is 51.1 Å². The molecule has 0 amide bonds. The molecule has 1 unspecified atom stereocenters. The molecular weight excluding hydrogens is 789 g/mol. The van der Waals surface area contributed by atoms with Crippen molar-refractivity contribution in [1.29, 1.82) is 0 Å². The third-order valence-corrected chi connectivity index (χ3v) is 13.5. The predicted molar refractivity (Wildman–Crippen MR) is 274 cm³/mol. The minimum Gasteiger partial charge on any atom is -0.335 e. The zero-order valence-corrected chi connectivity index (χ0v) is 35.8. The van der Waals surface area contributed by atoms with Crippen LogP contribution in [0.2, 0.25) is 0 Å². The molecule has 1 aliphatic rings. The van der Waals surface area contributed by atoms with Crippen LogP contribution >= 0.6 is 0 Å². The molecule has 306 valence electrons. The van der Waals surface area contributed by atoms with Crippen molar-refractivity contribution in [3.8, 4) is 39.1 Å². The van der Waals surface area contributed by atoms with E-state index in [1.807, 2.05) is 0 Å². The molecule has 0 bridgehead atoms. The third-order valence-electron chi connectivity index (χ3n) is 13.5. The van der Waals surface area contributed by atoms with Gasteiger partial charge in [0.15, 0.2) is 0 Å². The average Bonchev–Trinajstić information content (AvgIpc) is 3.89. The van der Waals surface area contributed by atoms with Crippen molar-refractivity contribution >= 4 is 65.8 Å². The molecule has 0 spiro atoms. The Labute approximate surface area is 377 Å². The summed E-state index contributed by atoms with van der Waals surface area (Å²) in [7, 11) is 2.18. The number of para-hydroxylation sites is 2. The molecule has 0 saturated carbocycles. The number of anilines is 1. The van der Waals surface area contributed by atoms with Gasteiger partial charge in [-0.2, -0.15) is 0 Å². The summed E-state index contributed by atoms with van der Waals surface area (Å²) in [4.78, 5) is 7.95. The maximum atomic E-state index is 5.62. The Hall–Kier alpha value is -8.47. The van der Waals surface area contributed by atoms with E-state index in [0.717, 1.165) is 39.2 Å². The van der Waals surface area contributed by atoms with E-state index in [4.69, 9.17) is 4.99 Å². The van der Waals surface area contributed by atoms with Gasteiger partial charge in [-0.1, -0.05) is 176 Å². The fraction of sp³-hybridized carbons (Fsp3) is 0.0328. The number of rotatable bonds is 6. The molecule has 4 nitrogen and oxygen atoms in total. The molecule has 0 fully saturated rings. The van der Waals surface area contributed by atoms with Crippen LogP contribution in [-0.2, 0) is 0 Å². The summed E-state index contributed by atoms with van der Waals surface area (Å²) >= 11 is 0. The van der Waals surface area contributed by atoms with Crippen molar-refractivity contribution in [2.24, 2.45) is 4.99 Å². The Morgan fingerprint density at radius 1 is 0.369 bits per heavy atom. The van der Waals surface area contributed by atoms with E-state index in [0.29, 0.717) is 0 Å². The molecule has 3 heterocycles. The second-order valence-corrected chi connectivity index (χ2v) is 17.2. The van der Waals surface area contributed by atoms with Gasteiger partial charge < -0.3 is 14.0 Å². The van der Waals surface area contributed by atoms with Gasteiger partial charge in [0.05, 0.1) is 27.8 Å². The van der Waals surface area contributed by atoms with Crippen LogP contribution in [0, 0.1) is 0 Å². The molecule has 0 aliphatic carbocycles. The molecule has 1 atom stereocenters. The first-order chi connectivity index (χ1) is 32.2. The molecule has 0 radical (unpaired) electrons. The first-order valence-corrected chi connectivity index (χ1v) is 22.4. The maximum Gasteiger partial charge on any atom is 0.203 e. The number of benzene rings is 10. The van der Waals surface area contributed by atoms with Crippen LogP contribution in [0.25, 0.3) is 93.5 Å². The highest BCUT2D eigenvalue weighted by atomic mass is 15.4. The zero-order valence-electron chi connectivity index (χ0n) is 35.8. The number of hydrogen-bond donors (Lipinski definition) is 0. The smallest absolute Gasteiger partial charge is 0.203 e.